The number of nitrogens with zero attached hydrogens (tertiary/aromatic N) is 2. The molecule has 0 aromatic heterocycles. The fraction of sp³-hybridized carbons (Fsp3) is 0.771. The Kier molecular flexibility index (Phi) is 6.53. The summed E-state index contributed by atoms with van der Waals surface area (Å²) in [5.41, 5.74) is -0.731. The second-order valence-electron chi connectivity index (χ2n) is 16.4. The number of carbonyl (C=O) groups excluding carboxylic acids is 3. The van der Waals surface area contributed by atoms with E-state index in [1.165, 1.54) is 0 Å². The highest BCUT2D eigenvalue weighted by Crippen LogP contribution is 2.73. The average Bonchev–Trinajstić information content (AvgIpc) is 2.93. The van der Waals surface area contributed by atoms with E-state index in [4.69, 9.17) is 4.74 Å². The lowest BCUT2D eigenvalue weighted by atomic mass is 9.35. The number of allylic oxidation sites excluding steroid dienone is 4. The number of nitriles is 1. The first-order chi connectivity index (χ1) is 19.5. The summed E-state index contributed by atoms with van der Waals surface area (Å²) in [5, 5.41) is 13.5. The number of nitrogens with one attached hydrogen (secondary N) is 1. The summed E-state index contributed by atoms with van der Waals surface area (Å²) in [6, 6.07) is 2.18. The van der Waals surface area contributed by atoms with E-state index in [2.05, 4.69) is 46.0 Å². The van der Waals surface area contributed by atoms with E-state index in [0.29, 0.717) is 26.3 Å². The van der Waals surface area contributed by atoms with E-state index in [1.54, 1.807) is 0 Å². The Hall–Kier alpha value is -2.46. The molecule has 0 spiro atoms. The van der Waals surface area contributed by atoms with Crippen LogP contribution >= 0.6 is 0 Å². The molecule has 42 heavy (non-hydrogen) atoms. The highest BCUT2D eigenvalue weighted by molar-refractivity contribution is 6.04. The van der Waals surface area contributed by atoms with Crippen molar-refractivity contribution in [2.45, 2.75) is 99.0 Å². The molecule has 1 aliphatic heterocycles. The number of urea groups is 1. The Balaban J connectivity index is 1.45. The molecule has 1 N–H and O–H groups in total. The summed E-state index contributed by atoms with van der Waals surface area (Å²) < 4.78 is 5.50. The van der Waals surface area contributed by atoms with Gasteiger partial charge in [-0.15, -0.1) is 0 Å². The number of carbonyl (C=O) groups is 3. The fourth-order valence-electron chi connectivity index (χ4n) is 10.9. The van der Waals surface area contributed by atoms with Crippen molar-refractivity contribution in [1.29, 1.82) is 5.26 Å². The zero-order chi connectivity index (χ0) is 30.5. The zero-order valence-corrected chi connectivity index (χ0v) is 26.7. The Morgan fingerprint density at radius 3 is 2.33 bits per heavy atom. The Morgan fingerprint density at radius 2 is 1.67 bits per heavy atom. The third-order valence-corrected chi connectivity index (χ3v) is 13.5. The molecule has 3 saturated carbocycles. The summed E-state index contributed by atoms with van der Waals surface area (Å²) in [6.07, 6.45) is 10.2. The molecular weight excluding hydrogens is 526 g/mol. The summed E-state index contributed by atoms with van der Waals surface area (Å²) in [7, 11) is 0. The number of morpholine rings is 1. The molecular formula is C35H49N3O4. The van der Waals surface area contributed by atoms with Gasteiger partial charge in [-0.1, -0.05) is 60.1 Å². The van der Waals surface area contributed by atoms with Gasteiger partial charge in [-0.3, -0.25) is 9.59 Å². The molecule has 1 heterocycles. The van der Waals surface area contributed by atoms with E-state index >= 15 is 0 Å². The molecule has 7 heteroatoms. The predicted octanol–water partition coefficient (Wildman–Crippen LogP) is 6.00. The highest BCUT2D eigenvalue weighted by Gasteiger charge is 2.70. The summed E-state index contributed by atoms with van der Waals surface area (Å²) >= 11 is 0. The number of rotatable bonds is 1. The van der Waals surface area contributed by atoms with Crippen LogP contribution in [0, 0.1) is 56.2 Å². The van der Waals surface area contributed by atoms with Crippen molar-refractivity contribution in [3.63, 3.8) is 0 Å². The van der Waals surface area contributed by atoms with Gasteiger partial charge in [0.2, 0.25) is 0 Å². The van der Waals surface area contributed by atoms with Crippen LogP contribution in [0.2, 0.25) is 0 Å². The molecule has 6 rings (SSSR count). The van der Waals surface area contributed by atoms with E-state index in [9.17, 15) is 19.6 Å². The molecule has 0 unspecified atom stereocenters. The van der Waals surface area contributed by atoms with Crippen molar-refractivity contribution in [2.24, 2.45) is 44.8 Å². The maximum atomic E-state index is 14.7. The minimum Gasteiger partial charge on any atom is -0.378 e. The molecule has 5 aliphatic carbocycles. The number of hydrogen-bond acceptors (Lipinski definition) is 5. The highest BCUT2D eigenvalue weighted by atomic mass is 16.5. The van der Waals surface area contributed by atoms with Crippen molar-refractivity contribution in [1.82, 2.24) is 10.2 Å². The van der Waals surface area contributed by atoms with Crippen LogP contribution in [-0.2, 0) is 14.3 Å². The van der Waals surface area contributed by atoms with Gasteiger partial charge in [-0.2, -0.15) is 5.26 Å². The van der Waals surface area contributed by atoms with Gasteiger partial charge in [0.15, 0.2) is 11.6 Å². The second kappa shape index (κ2) is 9.27. The number of ether oxygens (including phenoxy) is 1. The van der Waals surface area contributed by atoms with Crippen molar-refractivity contribution in [3.05, 3.63) is 23.3 Å². The summed E-state index contributed by atoms with van der Waals surface area (Å²) in [5.74, 6) is -0.0211. The van der Waals surface area contributed by atoms with Gasteiger partial charge < -0.3 is 15.0 Å². The van der Waals surface area contributed by atoms with Crippen LogP contribution in [0.4, 0.5) is 4.79 Å². The number of ketones is 2. The van der Waals surface area contributed by atoms with Gasteiger partial charge in [0.05, 0.1) is 18.8 Å². The molecule has 0 bridgehead atoms. The monoisotopic (exact) mass is 575 g/mol. The van der Waals surface area contributed by atoms with E-state index < -0.39 is 16.4 Å². The first-order valence-corrected chi connectivity index (χ1v) is 16.1. The van der Waals surface area contributed by atoms with Crippen molar-refractivity contribution in [2.75, 3.05) is 26.3 Å². The Labute approximate surface area is 251 Å². The van der Waals surface area contributed by atoms with Crippen LogP contribution in [0.15, 0.2) is 23.3 Å². The van der Waals surface area contributed by atoms with Crippen molar-refractivity contribution in [3.8, 4) is 6.07 Å². The van der Waals surface area contributed by atoms with Gasteiger partial charge in [0.25, 0.3) is 0 Å². The van der Waals surface area contributed by atoms with Crippen LogP contribution in [0.1, 0.15) is 93.4 Å². The molecule has 0 aromatic rings. The van der Waals surface area contributed by atoms with Crippen LogP contribution in [-0.4, -0.2) is 54.3 Å². The quantitative estimate of drug-likeness (QED) is 0.413. The first kappa shape index (κ1) is 29.6. The van der Waals surface area contributed by atoms with E-state index in [-0.39, 0.29) is 57.2 Å². The lowest BCUT2D eigenvalue weighted by Gasteiger charge is -2.69. The van der Waals surface area contributed by atoms with Gasteiger partial charge in [-0.05, 0) is 79.1 Å². The summed E-state index contributed by atoms with van der Waals surface area (Å²) in [6.45, 7) is 17.8. The van der Waals surface area contributed by atoms with Crippen molar-refractivity contribution < 1.29 is 19.1 Å². The first-order valence-electron chi connectivity index (χ1n) is 16.1. The maximum Gasteiger partial charge on any atom is 0.317 e. The zero-order valence-electron chi connectivity index (χ0n) is 26.7. The lowest BCUT2D eigenvalue weighted by Crippen LogP contribution is -2.70. The molecule has 1 saturated heterocycles. The number of Topliss-reactive ketones (excluding diaryl/α,β-unsaturated/α-hetero) is 1. The predicted molar refractivity (Wildman–Crippen MR) is 160 cm³/mol. The molecule has 0 radical (unpaired) electrons. The molecule has 228 valence electrons. The largest absolute Gasteiger partial charge is 0.378 e. The average molecular weight is 576 g/mol. The van der Waals surface area contributed by atoms with Gasteiger partial charge in [0, 0.05) is 35.4 Å². The summed E-state index contributed by atoms with van der Waals surface area (Å²) in [4.78, 5) is 43.5. The third-order valence-electron chi connectivity index (χ3n) is 13.5. The minimum atomic E-state index is -0.670. The molecule has 7 nitrogen and oxygen atoms in total. The van der Waals surface area contributed by atoms with E-state index in [0.717, 1.165) is 50.5 Å². The SMILES string of the molecule is CC1(C)CC[C@]2(NC(=O)N3CCOCC3)CC[C@]3(C)[C@H](C(=O)C=C4[C@@]5(C)C=C(C#N)C(=O)C(C)(C)[C@@H]5CC[C@]43C)[C@H]2C1. The number of fused-ring (bicyclic) bond motifs is 7. The minimum absolute atomic E-state index is 0.0198. The van der Waals surface area contributed by atoms with Crippen LogP contribution in [0.5, 0.6) is 0 Å². The molecule has 4 fully saturated rings. The topological polar surface area (TPSA) is 99.5 Å². The van der Waals surface area contributed by atoms with Crippen molar-refractivity contribution >= 4 is 17.6 Å². The van der Waals surface area contributed by atoms with Gasteiger partial charge >= 0.3 is 6.03 Å². The number of amides is 2. The molecule has 0 aromatic carbocycles. The normalized spacial score (nSPS) is 43.9. The Bertz CT molecular complexity index is 1330. The lowest BCUT2D eigenvalue weighted by molar-refractivity contribution is -0.160. The second-order valence-corrected chi connectivity index (χ2v) is 16.4. The van der Waals surface area contributed by atoms with Crippen LogP contribution < -0.4 is 5.32 Å². The van der Waals surface area contributed by atoms with E-state index in [1.807, 2.05) is 30.9 Å². The number of hydrogen-bond donors (Lipinski definition) is 1. The smallest absolute Gasteiger partial charge is 0.317 e. The third kappa shape index (κ3) is 3.89. The Morgan fingerprint density at radius 1 is 1.00 bits per heavy atom. The maximum absolute atomic E-state index is 14.7. The molecule has 2 amide bonds. The van der Waals surface area contributed by atoms with Gasteiger partial charge in [-0.25, -0.2) is 4.79 Å². The van der Waals surface area contributed by atoms with Gasteiger partial charge in [0.1, 0.15) is 6.07 Å². The molecule has 7 atom stereocenters. The molecule has 6 aliphatic rings. The van der Waals surface area contributed by atoms with Crippen LogP contribution in [0.25, 0.3) is 0 Å². The van der Waals surface area contributed by atoms with Crippen LogP contribution in [0.3, 0.4) is 0 Å². The standard InChI is InChI=1S/C35H49N3O4/c1-30(2)10-12-35(37-29(41)38-14-16-42-17-15-38)13-11-34(7)27(23(35)20-30)24(39)18-26-32(5)19-22(21-36)28(40)31(3,4)25(32)8-9-33(26,34)6/h18-19,23,25,27H,8-17,20H2,1-7H3,(H,37,41)/t23-,25+,27+,32+,33-,34-,35+/m1/s1. The fourth-order valence-corrected chi connectivity index (χ4v) is 10.9.